The van der Waals surface area contributed by atoms with Crippen LogP contribution in [0.2, 0.25) is 0 Å². The van der Waals surface area contributed by atoms with Crippen molar-refractivity contribution in [2.45, 2.75) is 50.4 Å². The molecule has 0 unspecified atom stereocenters. The van der Waals surface area contributed by atoms with Gasteiger partial charge < -0.3 is 4.74 Å². The van der Waals surface area contributed by atoms with Crippen molar-refractivity contribution in [1.29, 1.82) is 0 Å². The predicted octanol–water partition coefficient (Wildman–Crippen LogP) is 3.43. The van der Waals surface area contributed by atoms with Crippen LogP contribution in [0.4, 0.5) is 0 Å². The van der Waals surface area contributed by atoms with Crippen LogP contribution in [0.15, 0.2) is 48.5 Å². The number of fused-ring (bicyclic) bond motifs is 3. The third kappa shape index (κ3) is 2.33. The van der Waals surface area contributed by atoms with E-state index in [1.165, 1.54) is 4.90 Å². The van der Waals surface area contributed by atoms with E-state index in [9.17, 15) is 19.2 Å². The number of carbonyl (C=O) groups excluding carboxylic acids is 4. The molecule has 6 rings (SSSR count). The number of nitrogens with zero attached hydrogens (tertiary/aromatic N) is 1. The summed E-state index contributed by atoms with van der Waals surface area (Å²) in [4.78, 5) is 56.1. The summed E-state index contributed by atoms with van der Waals surface area (Å²) in [6, 6.07) is 13.9. The zero-order valence-corrected chi connectivity index (χ0v) is 17.7. The molecule has 2 saturated heterocycles. The lowest BCUT2D eigenvalue weighted by Crippen LogP contribution is -2.51. The topological polar surface area (TPSA) is 80.8 Å². The maximum Gasteiger partial charge on any atom is 0.237 e. The summed E-state index contributed by atoms with van der Waals surface area (Å²) in [5, 5.41) is 0. The van der Waals surface area contributed by atoms with Crippen molar-refractivity contribution in [1.82, 2.24) is 4.90 Å². The fourth-order valence-electron chi connectivity index (χ4n) is 6.12. The molecule has 1 spiro atoms. The molecule has 162 valence electrons. The number of amides is 2. The van der Waals surface area contributed by atoms with Gasteiger partial charge in [-0.3, -0.25) is 24.1 Å². The molecule has 3 atom stereocenters. The van der Waals surface area contributed by atoms with Crippen LogP contribution in [0.5, 0.6) is 0 Å². The summed E-state index contributed by atoms with van der Waals surface area (Å²) in [6.07, 6.45) is 2.63. The average Bonchev–Trinajstić information content (AvgIpc) is 3.54. The molecule has 0 radical (unpaired) electrons. The van der Waals surface area contributed by atoms with Crippen molar-refractivity contribution in [2.75, 3.05) is 0 Å². The highest BCUT2D eigenvalue weighted by Crippen LogP contribution is 2.57. The van der Waals surface area contributed by atoms with Gasteiger partial charge in [-0.2, -0.15) is 0 Å². The van der Waals surface area contributed by atoms with Crippen molar-refractivity contribution >= 4 is 23.4 Å². The average molecular weight is 429 g/mol. The number of rotatable bonds is 2. The number of imide groups is 1. The molecule has 2 amide bonds. The van der Waals surface area contributed by atoms with E-state index in [-0.39, 0.29) is 23.1 Å². The van der Waals surface area contributed by atoms with Crippen molar-refractivity contribution in [3.8, 4) is 0 Å². The molecule has 6 heteroatoms. The molecule has 0 bridgehead atoms. The number of benzene rings is 2. The summed E-state index contributed by atoms with van der Waals surface area (Å²) >= 11 is 0. The molecule has 2 aromatic rings. The minimum Gasteiger partial charge on any atom is -0.349 e. The first-order valence-electron chi connectivity index (χ1n) is 11.2. The van der Waals surface area contributed by atoms with E-state index in [1.807, 2.05) is 31.2 Å². The Morgan fingerprint density at radius 2 is 1.44 bits per heavy atom. The molecule has 6 nitrogen and oxygen atoms in total. The predicted molar refractivity (Wildman–Crippen MR) is 114 cm³/mol. The second-order valence-corrected chi connectivity index (χ2v) is 9.38. The third-order valence-electron chi connectivity index (χ3n) is 7.65. The SMILES string of the molecule is Cc1ccc([C@H]2OC3(C(=O)c4ccccc4C3=O)[C@H]3C(=O)N(C4CCCC4)C(=O)[C@@H]23)cc1. The van der Waals surface area contributed by atoms with Gasteiger partial charge in [-0.15, -0.1) is 0 Å². The third-order valence-corrected chi connectivity index (χ3v) is 7.65. The van der Waals surface area contributed by atoms with E-state index in [0.717, 1.165) is 31.2 Å². The number of Topliss-reactive ketones (excluding diaryl/α,β-unsaturated/α-hetero) is 2. The van der Waals surface area contributed by atoms with Gasteiger partial charge in [0.2, 0.25) is 29.0 Å². The van der Waals surface area contributed by atoms with E-state index in [4.69, 9.17) is 4.74 Å². The number of hydrogen-bond donors (Lipinski definition) is 0. The monoisotopic (exact) mass is 429 g/mol. The second kappa shape index (κ2) is 6.69. The quantitative estimate of drug-likeness (QED) is 0.540. The molecule has 4 aliphatic rings. The van der Waals surface area contributed by atoms with Gasteiger partial charge in [0.05, 0.1) is 17.9 Å². The van der Waals surface area contributed by atoms with Gasteiger partial charge in [0.25, 0.3) is 0 Å². The van der Waals surface area contributed by atoms with Crippen LogP contribution < -0.4 is 0 Å². The van der Waals surface area contributed by atoms with Crippen molar-refractivity contribution in [3.05, 3.63) is 70.8 Å². The van der Waals surface area contributed by atoms with E-state index >= 15 is 0 Å². The fourth-order valence-corrected chi connectivity index (χ4v) is 6.12. The van der Waals surface area contributed by atoms with Gasteiger partial charge in [-0.05, 0) is 25.3 Å². The summed E-state index contributed by atoms with van der Waals surface area (Å²) in [5.41, 5.74) is 0.304. The number of ether oxygens (including phenoxy) is 1. The lowest BCUT2D eigenvalue weighted by molar-refractivity contribution is -0.147. The molecular weight excluding hydrogens is 406 g/mol. The van der Waals surface area contributed by atoms with Crippen LogP contribution in [0.25, 0.3) is 0 Å². The largest absolute Gasteiger partial charge is 0.349 e. The Morgan fingerprint density at radius 1 is 0.844 bits per heavy atom. The normalized spacial score (nSPS) is 28.8. The highest BCUT2D eigenvalue weighted by Gasteiger charge is 2.75. The first kappa shape index (κ1) is 19.6. The van der Waals surface area contributed by atoms with Gasteiger partial charge in [0.15, 0.2) is 0 Å². The van der Waals surface area contributed by atoms with Gasteiger partial charge in [-0.1, -0.05) is 66.9 Å². The lowest BCUT2D eigenvalue weighted by atomic mass is 9.77. The van der Waals surface area contributed by atoms with Crippen LogP contribution in [0.3, 0.4) is 0 Å². The zero-order chi connectivity index (χ0) is 22.2. The summed E-state index contributed by atoms with van der Waals surface area (Å²) in [7, 11) is 0. The lowest BCUT2D eigenvalue weighted by Gasteiger charge is -2.29. The van der Waals surface area contributed by atoms with Crippen molar-refractivity contribution in [2.24, 2.45) is 11.8 Å². The Morgan fingerprint density at radius 3 is 2.03 bits per heavy atom. The standard InChI is InChI=1S/C26H23NO5/c1-14-10-12-15(13-11-14)21-19-20(25(31)27(24(19)30)16-6-2-3-7-16)26(32-21)22(28)17-8-4-5-9-18(17)23(26)29/h4-5,8-13,16,19-21H,2-3,6-7H2,1H3/t19-,20-,21-/m1/s1. The van der Waals surface area contributed by atoms with Crippen LogP contribution in [-0.4, -0.2) is 39.9 Å². The highest BCUT2D eigenvalue weighted by molar-refractivity contribution is 6.35. The summed E-state index contributed by atoms with van der Waals surface area (Å²) < 4.78 is 6.29. The minimum atomic E-state index is -1.97. The molecule has 2 heterocycles. The highest BCUT2D eigenvalue weighted by atomic mass is 16.5. The molecule has 0 aromatic heterocycles. The smallest absolute Gasteiger partial charge is 0.237 e. The molecule has 3 fully saturated rings. The van der Waals surface area contributed by atoms with Gasteiger partial charge in [0.1, 0.15) is 0 Å². The first-order chi connectivity index (χ1) is 15.4. The Hall–Kier alpha value is -3.12. The number of likely N-dealkylation sites (tertiary alicyclic amines) is 1. The number of hydrogen-bond acceptors (Lipinski definition) is 5. The van der Waals surface area contributed by atoms with E-state index in [1.54, 1.807) is 24.3 Å². The maximum atomic E-state index is 13.7. The summed E-state index contributed by atoms with van der Waals surface area (Å²) in [6.45, 7) is 1.95. The number of aryl methyl sites for hydroxylation is 1. The summed E-state index contributed by atoms with van der Waals surface area (Å²) in [5.74, 6) is -3.77. The molecular formula is C26H23NO5. The molecule has 2 aliphatic heterocycles. The van der Waals surface area contributed by atoms with Crippen molar-refractivity contribution in [3.63, 3.8) is 0 Å². The minimum absolute atomic E-state index is 0.162. The Labute approximate surface area is 185 Å². The maximum absolute atomic E-state index is 13.7. The fraction of sp³-hybridized carbons (Fsp3) is 0.385. The van der Waals surface area contributed by atoms with Crippen molar-refractivity contribution < 1.29 is 23.9 Å². The van der Waals surface area contributed by atoms with Crippen LogP contribution in [-0.2, 0) is 14.3 Å². The molecule has 2 aliphatic carbocycles. The number of ketones is 2. The Balaban J connectivity index is 1.52. The van der Waals surface area contributed by atoms with Gasteiger partial charge in [-0.25, -0.2) is 0 Å². The van der Waals surface area contributed by atoms with Gasteiger partial charge >= 0.3 is 0 Å². The Kier molecular flexibility index (Phi) is 4.09. The second-order valence-electron chi connectivity index (χ2n) is 9.38. The van der Waals surface area contributed by atoms with Crippen LogP contribution in [0, 0.1) is 18.8 Å². The van der Waals surface area contributed by atoms with Crippen LogP contribution in [0.1, 0.15) is 63.6 Å². The molecule has 0 N–H and O–H groups in total. The van der Waals surface area contributed by atoms with Crippen LogP contribution >= 0.6 is 0 Å². The van der Waals surface area contributed by atoms with Gasteiger partial charge in [0, 0.05) is 17.2 Å². The Bertz CT molecular complexity index is 1140. The van der Waals surface area contributed by atoms with E-state index < -0.39 is 41.0 Å². The molecule has 2 aromatic carbocycles. The first-order valence-corrected chi connectivity index (χ1v) is 11.2. The molecule has 1 saturated carbocycles. The van der Waals surface area contributed by atoms with E-state index in [0.29, 0.717) is 5.56 Å². The zero-order valence-electron chi connectivity index (χ0n) is 17.7. The molecule has 32 heavy (non-hydrogen) atoms. The van der Waals surface area contributed by atoms with E-state index in [2.05, 4.69) is 0 Å². The number of carbonyl (C=O) groups is 4.